The Bertz CT molecular complexity index is 3630. The van der Waals surface area contributed by atoms with Crippen LogP contribution in [0.3, 0.4) is 0 Å². The van der Waals surface area contributed by atoms with Gasteiger partial charge in [-0.1, -0.05) is 179 Å². The van der Waals surface area contributed by atoms with Gasteiger partial charge in [0.2, 0.25) is 0 Å². The Morgan fingerprint density at radius 1 is 0.522 bits per heavy atom. The number of hydrogen-bond acceptors (Lipinski definition) is 3. The second-order valence-electron chi connectivity index (χ2n) is 24.5. The van der Waals surface area contributed by atoms with Gasteiger partial charge in [0.25, 0.3) is 6.71 Å². The lowest BCUT2D eigenvalue weighted by Gasteiger charge is -2.51. The van der Waals surface area contributed by atoms with Crippen molar-refractivity contribution in [2.75, 3.05) is 9.80 Å². The average molecular weight is 918 g/mol. The van der Waals surface area contributed by atoms with Gasteiger partial charge in [-0.15, -0.1) is 11.3 Å². The first-order valence-electron chi connectivity index (χ1n) is 25.6. The molecule has 0 bridgehead atoms. The fraction of sp³-hybridized carbons (Fsp3) is 0.312. The molecular weight excluding hydrogens is 854 g/mol. The zero-order valence-corrected chi connectivity index (χ0v) is 43.3. The van der Waals surface area contributed by atoms with Gasteiger partial charge in [0.05, 0.1) is 27.0 Å². The molecule has 5 heteroatoms. The summed E-state index contributed by atoms with van der Waals surface area (Å²) in [6, 6.07) is 55.0. The number of nitrogens with zero attached hydrogens (tertiary/aromatic N) is 3. The number of aromatic nitrogens is 1. The molecule has 0 N–H and O–H groups in total. The van der Waals surface area contributed by atoms with Gasteiger partial charge in [-0.05, 0) is 123 Å². The summed E-state index contributed by atoms with van der Waals surface area (Å²) >= 11 is 1.95. The van der Waals surface area contributed by atoms with Gasteiger partial charge in [-0.2, -0.15) is 0 Å². The van der Waals surface area contributed by atoms with Gasteiger partial charge in [-0.25, -0.2) is 0 Å². The van der Waals surface area contributed by atoms with Crippen molar-refractivity contribution in [1.82, 2.24) is 4.57 Å². The summed E-state index contributed by atoms with van der Waals surface area (Å²) in [5, 5.41) is 2.69. The number of anilines is 5. The summed E-state index contributed by atoms with van der Waals surface area (Å²) in [6.45, 7) is 26.5. The highest BCUT2D eigenvalue weighted by molar-refractivity contribution is 7.26. The van der Waals surface area contributed by atoms with E-state index in [0.29, 0.717) is 0 Å². The molecule has 4 aliphatic rings. The van der Waals surface area contributed by atoms with E-state index >= 15 is 0 Å². The fourth-order valence-electron chi connectivity index (χ4n) is 13.4. The Kier molecular flexibility index (Phi) is 8.91. The van der Waals surface area contributed by atoms with Crippen LogP contribution in [0.1, 0.15) is 124 Å². The van der Waals surface area contributed by atoms with E-state index in [1.807, 2.05) is 11.3 Å². The summed E-state index contributed by atoms with van der Waals surface area (Å²) in [5.74, 6) is 0. The normalized spacial score (nSPS) is 19.6. The standard InChI is InChI=1S/C64H64BN3S/c1-60(2,3)40-27-30-50(46(34-40)39-20-13-12-14-21-39)66-52-36-42(62(7,8)9)26-29-48(52)65-49-24-19-23-45-57(49)67(58-44-22-15-16-25-55(44)69-59(45)58)54-38-43(37-53(66)56(54)65)68-51-31-28-41(61(4,5)6)35-47(51)63(10)32-17-18-33-64(63,68)11/h12-16,19-31,34-38H,17-18,32-33H2,1-11H3. The van der Waals surface area contributed by atoms with Gasteiger partial charge in [-0.3, -0.25) is 0 Å². The number of fused-ring (bicyclic) bond motifs is 12. The number of rotatable bonds is 3. The van der Waals surface area contributed by atoms with E-state index in [4.69, 9.17) is 0 Å². The summed E-state index contributed by atoms with van der Waals surface area (Å²) in [7, 11) is 0. The molecule has 1 saturated carbocycles. The van der Waals surface area contributed by atoms with E-state index in [1.54, 1.807) is 0 Å². The second-order valence-corrected chi connectivity index (χ2v) is 25.6. The van der Waals surface area contributed by atoms with E-state index in [9.17, 15) is 0 Å². The quantitative estimate of drug-likeness (QED) is 0.164. The zero-order valence-electron chi connectivity index (χ0n) is 42.4. The van der Waals surface area contributed by atoms with Crippen molar-refractivity contribution in [3.63, 3.8) is 0 Å². The number of para-hydroxylation sites is 1. The highest BCUT2D eigenvalue weighted by Crippen LogP contribution is 2.62. The van der Waals surface area contributed by atoms with Crippen LogP contribution in [0.5, 0.6) is 0 Å². The molecule has 2 unspecified atom stereocenters. The summed E-state index contributed by atoms with van der Waals surface area (Å²) in [5.41, 5.74) is 22.5. The summed E-state index contributed by atoms with van der Waals surface area (Å²) in [4.78, 5) is 5.54. The molecule has 0 saturated heterocycles. The maximum Gasteiger partial charge on any atom is 0.252 e. The molecule has 344 valence electrons. The summed E-state index contributed by atoms with van der Waals surface area (Å²) < 4.78 is 5.43. The van der Waals surface area contributed by atoms with Crippen molar-refractivity contribution in [2.45, 2.75) is 129 Å². The predicted octanol–water partition coefficient (Wildman–Crippen LogP) is 15.9. The molecule has 69 heavy (non-hydrogen) atoms. The second kappa shape index (κ2) is 14.3. The van der Waals surface area contributed by atoms with Crippen LogP contribution in [-0.2, 0) is 21.7 Å². The van der Waals surface area contributed by atoms with Gasteiger partial charge in [0, 0.05) is 54.9 Å². The Balaban J connectivity index is 1.20. The monoisotopic (exact) mass is 917 g/mol. The minimum atomic E-state index is -0.131. The lowest BCUT2D eigenvalue weighted by atomic mass is 9.33. The van der Waals surface area contributed by atoms with Crippen LogP contribution in [0.25, 0.3) is 48.0 Å². The van der Waals surface area contributed by atoms with Crippen molar-refractivity contribution in [3.05, 3.63) is 162 Å². The van der Waals surface area contributed by atoms with E-state index in [0.717, 1.165) is 6.42 Å². The topological polar surface area (TPSA) is 11.4 Å². The van der Waals surface area contributed by atoms with Crippen LogP contribution in [0, 0.1) is 0 Å². The highest BCUT2D eigenvalue weighted by Gasteiger charge is 2.58. The molecule has 13 rings (SSSR count). The lowest BCUT2D eigenvalue weighted by Crippen LogP contribution is -2.60. The van der Waals surface area contributed by atoms with Gasteiger partial charge in [0.1, 0.15) is 0 Å². The third-order valence-corrected chi connectivity index (χ3v) is 18.6. The number of hydrogen-bond donors (Lipinski definition) is 0. The van der Waals surface area contributed by atoms with Gasteiger partial charge >= 0.3 is 0 Å². The minimum Gasteiger partial charge on any atom is -0.334 e. The molecule has 0 radical (unpaired) electrons. The van der Waals surface area contributed by atoms with E-state index in [-0.39, 0.29) is 33.9 Å². The van der Waals surface area contributed by atoms with Crippen molar-refractivity contribution < 1.29 is 0 Å². The first-order valence-corrected chi connectivity index (χ1v) is 26.4. The van der Waals surface area contributed by atoms with Crippen molar-refractivity contribution in [1.29, 1.82) is 0 Å². The SMILES string of the molecule is CC(C)(C)c1ccc(N2c3cc(C(C)(C)C)ccc3B3c4c2cc(N2c5ccc(C(C)(C)C)cc5C5(C)CCCCC25C)cc4-n2c4c3cccc4c3sc4ccccc4c32)c(-c2ccccc2)c1. The molecule has 0 amide bonds. The van der Waals surface area contributed by atoms with Crippen LogP contribution in [0.4, 0.5) is 28.4 Å². The third-order valence-electron chi connectivity index (χ3n) is 17.4. The highest BCUT2D eigenvalue weighted by atomic mass is 32.1. The van der Waals surface area contributed by atoms with Crippen molar-refractivity contribution in [2.24, 2.45) is 0 Å². The Morgan fingerprint density at radius 3 is 1.91 bits per heavy atom. The van der Waals surface area contributed by atoms with Crippen molar-refractivity contribution >= 4 is 94.1 Å². The van der Waals surface area contributed by atoms with Crippen LogP contribution in [-0.4, -0.2) is 16.8 Å². The average Bonchev–Trinajstić information content (AvgIpc) is 3.92. The predicted molar refractivity (Wildman–Crippen MR) is 300 cm³/mol. The minimum absolute atomic E-state index is 0.0151. The van der Waals surface area contributed by atoms with Crippen LogP contribution < -0.4 is 26.2 Å². The van der Waals surface area contributed by atoms with Crippen LogP contribution in [0.15, 0.2) is 140 Å². The fourth-order valence-corrected chi connectivity index (χ4v) is 14.6. The van der Waals surface area contributed by atoms with E-state index in [1.165, 1.54) is 134 Å². The molecule has 2 aromatic heterocycles. The van der Waals surface area contributed by atoms with E-state index in [2.05, 4.69) is 230 Å². The Hall–Kier alpha value is -6.04. The largest absolute Gasteiger partial charge is 0.334 e. The van der Waals surface area contributed by atoms with Crippen molar-refractivity contribution in [3.8, 4) is 16.8 Å². The first-order chi connectivity index (χ1) is 32.9. The molecule has 2 atom stereocenters. The molecule has 3 nitrogen and oxygen atoms in total. The molecule has 7 aromatic carbocycles. The molecule has 5 heterocycles. The Labute approximate surface area is 413 Å². The molecule has 1 aliphatic carbocycles. The third kappa shape index (κ3) is 5.92. The smallest absolute Gasteiger partial charge is 0.252 e. The number of benzene rings is 7. The van der Waals surface area contributed by atoms with Gasteiger partial charge < -0.3 is 14.4 Å². The number of thiophene rings is 1. The molecule has 1 fully saturated rings. The molecule has 3 aliphatic heterocycles. The summed E-state index contributed by atoms with van der Waals surface area (Å²) in [6.07, 6.45) is 4.81. The maximum absolute atomic E-state index is 2.84. The lowest BCUT2D eigenvalue weighted by molar-refractivity contribution is 0.195. The van der Waals surface area contributed by atoms with Gasteiger partial charge in [0.15, 0.2) is 0 Å². The van der Waals surface area contributed by atoms with E-state index < -0.39 is 0 Å². The molecule has 0 spiro atoms. The van der Waals surface area contributed by atoms with Crippen LogP contribution in [0.2, 0.25) is 0 Å². The zero-order chi connectivity index (χ0) is 47.7. The molecule has 9 aromatic rings. The Morgan fingerprint density at radius 2 is 1.16 bits per heavy atom. The van der Waals surface area contributed by atoms with Crippen LogP contribution >= 0.6 is 11.3 Å². The molecular formula is C64H64BN3S. The maximum atomic E-state index is 2.84. The first kappa shape index (κ1) is 43.0.